The molecule has 0 saturated carbocycles. The molecular weight excluding hydrogens is 254 g/mol. The van der Waals surface area contributed by atoms with E-state index in [2.05, 4.69) is 4.72 Å². The molecule has 0 aliphatic heterocycles. The zero-order valence-corrected chi connectivity index (χ0v) is 11.9. The minimum absolute atomic E-state index is 0.118. The van der Waals surface area contributed by atoms with E-state index < -0.39 is 16.1 Å². The minimum Gasteiger partial charge on any atom is -0.466 e. The van der Waals surface area contributed by atoms with Crippen LogP contribution in [0.15, 0.2) is 10.5 Å². The number of hydrogen-bond acceptors (Lipinski definition) is 4. The van der Waals surface area contributed by atoms with Gasteiger partial charge in [0.05, 0.1) is 11.9 Å². The Morgan fingerprint density at radius 3 is 2.61 bits per heavy atom. The Hall–Kier alpha value is -0.850. The summed E-state index contributed by atoms with van der Waals surface area (Å²) in [7, 11) is -3.20. The largest absolute Gasteiger partial charge is 0.466 e. The quantitative estimate of drug-likeness (QED) is 0.793. The first-order valence-corrected chi connectivity index (χ1v) is 7.73. The van der Waals surface area contributed by atoms with Crippen LogP contribution < -0.4 is 4.72 Å². The molecule has 0 aliphatic carbocycles. The molecule has 0 fully saturated rings. The SMILES string of the molecule is CCCS(=O)(=O)NCCC(O)c1cc(C)oc1C. The monoisotopic (exact) mass is 275 g/mol. The van der Waals surface area contributed by atoms with Crippen molar-refractivity contribution in [2.45, 2.75) is 39.7 Å². The lowest BCUT2D eigenvalue weighted by Crippen LogP contribution is -2.28. The molecule has 1 unspecified atom stereocenters. The Morgan fingerprint density at radius 1 is 1.44 bits per heavy atom. The van der Waals surface area contributed by atoms with Crippen molar-refractivity contribution < 1.29 is 17.9 Å². The number of furan rings is 1. The van der Waals surface area contributed by atoms with E-state index in [1.165, 1.54) is 0 Å². The van der Waals surface area contributed by atoms with Crippen LogP contribution in [0.25, 0.3) is 0 Å². The van der Waals surface area contributed by atoms with E-state index >= 15 is 0 Å². The van der Waals surface area contributed by atoms with Gasteiger partial charge in [0, 0.05) is 12.1 Å². The molecule has 5 nitrogen and oxygen atoms in total. The molecule has 1 rings (SSSR count). The van der Waals surface area contributed by atoms with Crippen LogP contribution in [0.4, 0.5) is 0 Å². The number of sulfonamides is 1. The molecule has 1 aromatic rings. The maximum absolute atomic E-state index is 11.4. The molecule has 0 aliphatic rings. The molecule has 1 heterocycles. The molecule has 104 valence electrons. The second-order valence-corrected chi connectivity index (χ2v) is 6.31. The lowest BCUT2D eigenvalue weighted by atomic mass is 10.1. The standard InChI is InChI=1S/C12H21NO4S/c1-4-7-18(15,16)13-6-5-12(14)11-8-9(2)17-10(11)3/h8,12-14H,4-7H2,1-3H3. The van der Waals surface area contributed by atoms with Crippen LogP contribution in [0.2, 0.25) is 0 Å². The maximum atomic E-state index is 11.4. The molecule has 0 aromatic carbocycles. The normalized spacial score (nSPS) is 13.8. The second-order valence-electron chi connectivity index (χ2n) is 4.39. The van der Waals surface area contributed by atoms with Gasteiger partial charge in [0.15, 0.2) is 0 Å². The van der Waals surface area contributed by atoms with Gasteiger partial charge in [-0.05, 0) is 32.8 Å². The number of nitrogens with one attached hydrogen (secondary N) is 1. The van der Waals surface area contributed by atoms with Crippen molar-refractivity contribution in [3.8, 4) is 0 Å². The van der Waals surface area contributed by atoms with E-state index in [-0.39, 0.29) is 12.3 Å². The van der Waals surface area contributed by atoms with E-state index in [0.29, 0.717) is 18.6 Å². The minimum atomic E-state index is -3.20. The van der Waals surface area contributed by atoms with Crippen molar-refractivity contribution >= 4 is 10.0 Å². The average Bonchev–Trinajstić information content (AvgIpc) is 2.57. The van der Waals surface area contributed by atoms with Crippen LogP contribution in [0, 0.1) is 13.8 Å². The highest BCUT2D eigenvalue weighted by molar-refractivity contribution is 7.89. The Labute approximate surface area is 108 Å². The Balaban J connectivity index is 2.47. The number of hydrogen-bond donors (Lipinski definition) is 2. The van der Waals surface area contributed by atoms with Crippen molar-refractivity contribution in [1.82, 2.24) is 4.72 Å². The van der Waals surface area contributed by atoms with Crippen molar-refractivity contribution in [1.29, 1.82) is 0 Å². The van der Waals surface area contributed by atoms with Gasteiger partial charge < -0.3 is 9.52 Å². The third kappa shape index (κ3) is 4.44. The van der Waals surface area contributed by atoms with E-state index in [0.717, 1.165) is 11.3 Å². The molecule has 0 amide bonds. The van der Waals surface area contributed by atoms with E-state index in [9.17, 15) is 13.5 Å². The highest BCUT2D eigenvalue weighted by Gasteiger charge is 2.15. The van der Waals surface area contributed by atoms with Gasteiger partial charge in [-0.1, -0.05) is 6.92 Å². The van der Waals surface area contributed by atoms with E-state index in [1.807, 2.05) is 13.8 Å². The van der Waals surface area contributed by atoms with Crippen molar-refractivity contribution in [3.05, 3.63) is 23.2 Å². The molecule has 1 aromatic heterocycles. The van der Waals surface area contributed by atoms with Crippen molar-refractivity contribution in [2.24, 2.45) is 0 Å². The third-order valence-corrected chi connectivity index (χ3v) is 4.24. The number of aliphatic hydroxyl groups excluding tert-OH is 1. The number of aliphatic hydroxyl groups is 1. The van der Waals surface area contributed by atoms with Gasteiger partial charge in [0.25, 0.3) is 0 Å². The van der Waals surface area contributed by atoms with Gasteiger partial charge in [-0.2, -0.15) is 0 Å². The summed E-state index contributed by atoms with van der Waals surface area (Å²) in [5.74, 6) is 1.54. The van der Waals surface area contributed by atoms with Crippen LogP contribution in [-0.2, 0) is 10.0 Å². The fourth-order valence-corrected chi connectivity index (χ4v) is 2.94. The summed E-state index contributed by atoms with van der Waals surface area (Å²) >= 11 is 0. The predicted molar refractivity (Wildman–Crippen MR) is 69.8 cm³/mol. The zero-order valence-electron chi connectivity index (χ0n) is 11.1. The van der Waals surface area contributed by atoms with Gasteiger partial charge >= 0.3 is 0 Å². The molecular formula is C12H21NO4S. The van der Waals surface area contributed by atoms with E-state index in [1.54, 1.807) is 13.0 Å². The van der Waals surface area contributed by atoms with Gasteiger partial charge in [0.1, 0.15) is 11.5 Å². The van der Waals surface area contributed by atoms with Crippen molar-refractivity contribution in [3.63, 3.8) is 0 Å². The Morgan fingerprint density at radius 2 is 2.11 bits per heavy atom. The van der Waals surface area contributed by atoms with Gasteiger partial charge in [-0.25, -0.2) is 13.1 Å². The second kappa shape index (κ2) is 6.36. The first-order chi connectivity index (χ1) is 8.35. The average molecular weight is 275 g/mol. The molecule has 0 radical (unpaired) electrons. The number of aryl methyl sites for hydroxylation is 2. The van der Waals surface area contributed by atoms with Crippen LogP contribution in [0.1, 0.15) is 43.0 Å². The van der Waals surface area contributed by atoms with Crippen LogP contribution in [0.3, 0.4) is 0 Å². The highest BCUT2D eigenvalue weighted by atomic mass is 32.2. The summed E-state index contributed by atoms with van der Waals surface area (Å²) in [6, 6.07) is 1.78. The van der Waals surface area contributed by atoms with Crippen LogP contribution in [-0.4, -0.2) is 25.8 Å². The fraction of sp³-hybridized carbons (Fsp3) is 0.667. The van der Waals surface area contributed by atoms with Crippen molar-refractivity contribution in [2.75, 3.05) is 12.3 Å². The zero-order chi connectivity index (χ0) is 13.8. The Bertz CT molecular complexity index is 478. The smallest absolute Gasteiger partial charge is 0.211 e. The molecule has 0 spiro atoms. The summed E-state index contributed by atoms with van der Waals surface area (Å²) in [4.78, 5) is 0. The summed E-state index contributed by atoms with van der Waals surface area (Å²) in [5.41, 5.74) is 0.724. The maximum Gasteiger partial charge on any atom is 0.211 e. The van der Waals surface area contributed by atoms with Gasteiger partial charge in [0.2, 0.25) is 10.0 Å². The first-order valence-electron chi connectivity index (χ1n) is 6.08. The third-order valence-electron chi connectivity index (χ3n) is 2.65. The van der Waals surface area contributed by atoms with Gasteiger partial charge in [-0.3, -0.25) is 0 Å². The molecule has 6 heteroatoms. The van der Waals surface area contributed by atoms with Gasteiger partial charge in [-0.15, -0.1) is 0 Å². The number of rotatable bonds is 7. The van der Waals surface area contributed by atoms with Crippen LogP contribution >= 0.6 is 0 Å². The molecule has 0 bridgehead atoms. The summed E-state index contributed by atoms with van der Waals surface area (Å²) in [6.45, 7) is 5.64. The predicted octanol–water partition coefficient (Wildman–Crippen LogP) is 1.65. The summed E-state index contributed by atoms with van der Waals surface area (Å²) in [5, 5.41) is 9.95. The summed E-state index contributed by atoms with van der Waals surface area (Å²) < 4.78 is 30.6. The van der Waals surface area contributed by atoms with Crippen LogP contribution in [0.5, 0.6) is 0 Å². The van der Waals surface area contributed by atoms with E-state index in [4.69, 9.17) is 4.42 Å². The Kier molecular flexibility index (Phi) is 5.37. The summed E-state index contributed by atoms with van der Waals surface area (Å²) in [6.07, 6.45) is 0.215. The molecule has 18 heavy (non-hydrogen) atoms. The lowest BCUT2D eigenvalue weighted by Gasteiger charge is -2.10. The molecule has 2 N–H and O–H groups in total. The first kappa shape index (κ1) is 15.2. The fourth-order valence-electron chi connectivity index (χ4n) is 1.83. The highest BCUT2D eigenvalue weighted by Crippen LogP contribution is 2.23. The molecule has 0 saturated heterocycles. The topological polar surface area (TPSA) is 79.5 Å². The lowest BCUT2D eigenvalue weighted by molar-refractivity contribution is 0.167. The molecule has 1 atom stereocenters.